The Bertz CT molecular complexity index is 1170. The van der Waals surface area contributed by atoms with E-state index in [0.717, 1.165) is 38.7 Å². The van der Waals surface area contributed by atoms with Gasteiger partial charge in [-0.3, -0.25) is 15.0 Å². The maximum Gasteiger partial charge on any atom is 0.249 e. The molecule has 1 aliphatic rings. The summed E-state index contributed by atoms with van der Waals surface area (Å²) in [6.45, 7) is 2.38. The van der Waals surface area contributed by atoms with Gasteiger partial charge in [0.15, 0.2) is 0 Å². The molecular formula is C28H34FN3O4. The molecule has 1 amide bonds. The molecule has 4 rings (SSSR count). The van der Waals surface area contributed by atoms with Crippen LogP contribution in [0.1, 0.15) is 49.3 Å². The molecule has 0 bridgehead atoms. The number of aromatic nitrogens is 1. The summed E-state index contributed by atoms with van der Waals surface area (Å²) >= 11 is 0. The molecule has 0 aliphatic carbocycles. The van der Waals surface area contributed by atoms with Crippen LogP contribution in [0.5, 0.6) is 5.75 Å². The minimum atomic E-state index is -1.13. The highest BCUT2D eigenvalue weighted by molar-refractivity contribution is 5.84. The lowest BCUT2D eigenvalue weighted by Crippen LogP contribution is -2.48. The van der Waals surface area contributed by atoms with Gasteiger partial charge >= 0.3 is 0 Å². The maximum absolute atomic E-state index is 14.8. The number of carbonyl (C=O) groups is 1. The summed E-state index contributed by atoms with van der Waals surface area (Å²) in [5.74, 6) is -0.503. The topological polar surface area (TPSA) is 94.9 Å². The van der Waals surface area contributed by atoms with Crippen molar-refractivity contribution in [2.75, 3.05) is 26.7 Å². The number of fused-ring (bicyclic) bond motifs is 1. The number of pyridine rings is 1. The van der Waals surface area contributed by atoms with Gasteiger partial charge in [0.05, 0.1) is 30.3 Å². The third-order valence-electron chi connectivity index (χ3n) is 7.48. The Kier molecular flexibility index (Phi) is 8.51. The minimum Gasteiger partial charge on any atom is -0.497 e. The van der Waals surface area contributed by atoms with E-state index in [4.69, 9.17) is 4.74 Å². The molecule has 1 aromatic heterocycles. The molecule has 1 fully saturated rings. The van der Waals surface area contributed by atoms with Crippen molar-refractivity contribution in [1.82, 2.24) is 15.4 Å². The monoisotopic (exact) mass is 495 g/mol. The van der Waals surface area contributed by atoms with Crippen LogP contribution >= 0.6 is 0 Å². The number of piperidine rings is 1. The molecule has 192 valence electrons. The van der Waals surface area contributed by atoms with E-state index in [0.29, 0.717) is 35.9 Å². The lowest BCUT2D eigenvalue weighted by molar-refractivity contribution is -0.143. The van der Waals surface area contributed by atoms with Gasteiger partial charge in [-0.1, -0.05) is 30.3 Å². The Morgan fingerprint density at radius 1 is 1.22 bits per heavy atom. The molecule has 0 spiro atoms. The van der Waals surface area contributed by atoms with Crippen molar-refractivity contribution in [2.24, 2.45) is 5.41 Å². The largest absolute Gasteiger partial charge is 0.497 e. The Morgan fingerprint density at radius 2 is 1.97 bits per heavy atom. The summed E-state index contributed by atoms with van der Waals surface area (Å²) in [5.41, 5.74) is 3.03. The van der Waals surface area contributed by atoms with Crippen LogP contribution in [-0.2, 0) is 11.2 Å². The average molecular weight is 496 g/mol. The molecule has 3 N–H and O–H groups in total. The zero-order valence-electron chi connectivity index (χ0n) is 20.6. The molecule has 0 radical (unpaired) electrons. The van der Waals surface area contributed by atoms with Crippen LogP contribution in [-0.4, -0.2) is 52.8 Å². The first-order valence-corrected chi connectivity index (χ1v) is 12.5. The summed E-state index contributed by atoms with van der Waals surface area (Å²) in [7, 11) is 1.52. The van der Waals surface area contributed by atoms with Gasteiger partial charge in [0.2, 0.25) is 5.91 Å². The molecular weight excluding hydrogens is 461 g/mol. The normalized spacial score (nSPS) is 16.6. The van der Waals surface area contributed by atoms with Crippen molar-refractivity contribution in [3.63, 3.8) is 0 Å². The predicted molar refractivity (Wildman–Crippen MR) is 135 cm³/mol. The second-order valence-corrected chi connectivity index (χ2v) is 9.61. The van der Waals surface area contributed by atoms with Gasteiger partial charge < -0.3 is 14.7 Å². The number of benzene rings is 2. The highest BCUT2D eigenvalue weighted by Crippen LogP contribution is 2.40. The number of nitrogens with zero attached hydrogens (tertiary/aromatic N) is 2. The second kappa shape index (κ2) is 11.8. The van der Waals surface area contributed by atoms with Crippen molar-refractivity contribution < 1.29 is 24.2 Å². The number of halogens is 1. The summed E-state index contributed by atoms with van der Waals surface area (Å²) in [5, 5.41) is 21.0. The smallest absolute Gasteiger partial charge is 0.249 e. The van der Waals surface area contributed by atoms with Crippen molar-refractivity contribution in [1.29, 1.82) is 0 Å². The van der Waals surface area contributed by atoms with E-state index >= 15 is 0 Å². The molecule has 0 unspecified atom stereocenters. The zero-order valence-corrected chi connectivity index (χ0v) is 20.6. The van der Waals surface area contributed by atoms with Crippen LogP contribution < -0.4 is 10.2 Å². The van der Waals surface area contributed by atoms with Crippen molar-refractivity contribution >= 4 is 16.8 Å². The average Bonchev–Trinajstić information content (AvgIpc) is 2.92. The number of aryl methyl sites for hydroxylation is 1. The lowest BCUT2D eigenvalue weighted by atomic mass is 9.73. The number of rotatable bonds is 10. The number of carbonyl (C=O) groups excluding carboxylic acids is 1. The Morgan fingerprint density at radius 3 is 2.67 bits per heavy atom. The molecule has 36 heavy (non-hydrogen) atoms. The van der Waals surface area contributed by atoms with Crippen molar-refractivity contribution in [3.05, 3.63) is 71.7 Å². The maximum atomic E-state index is 14.8. The molecule has 7 nitrogen and oxygen atoms in total. The number of aliphatic hydroxyl groups is 1. The van der Waals surface area contributed by atoms with E-state index in [1.54, 1.807) is 18.2 Å². The number of nitrogens with one attached hydrogen (secondary N) is 1. The molecule has 8 heteroatoms. The van der Waals surface area contributed by atoms with Gasteiger partial charge in [0.1, 0.15) is 11.6 Å². The molecule has 1 aliphatic heterocycles. The van der Waals surface area contributed by atoms with Gasteiger partial charge in [0, 0.05) is 10.9 Å². The Balaban J connectivity index is 1.40. The van der Waals surface area contributed by atoms with Crippen LogP contribution in [0.2, 0.25) is 0 Å². The predicted octanol–water partition coefficient (Wildman–Crippen LogP) is 4.42. The first-order chi connectivity index (χ1) is 17.5. The van der Waals surface area contributed by atoms with Crippen LogP contribution in [0, 0.1) is 11.2 Å². The molecule has 1 saturated heterocycles. The number of ether oxygens (including phenoxy) is 1. The highest BCUT2D eigenvalue weighted by atomic mass is 19.1. The summed E-state index contributed by atoms with van der Waals surface area (Å²) in [6.07, 6.45) is 3.63. The van der Waals surface area contributed by atoms with E-state index in [9.17, 15) is 19.5 Å². The number of likely N-dealkylation sites (tertiary alicyclic amines) is 1. The van der Waals surface area contributed by atoms with Crippen LogP contribution in [0.4, 0.5) is 4.39 Å². The van der Waals surface area contributed by atoms with Gasteiger partial charge in [-0.15, -0.1) is 0 Å². The third kappa shape index (κ3) is 5.83. The lowest BCUT2D eigenvalue weighted by Gasteiger charge is -2.40. The van der Waals surface area contributed by atoms with Gasteiger partial charge in [0.25, 0.3) is 0 Å². The first-order valence-electron chi connectivity index (χ1n) is 12.5. The standard InChI is InChI=1S/C28H34FN3O4/c1-36-21-9-10-24-22(18-21)26(23(29)19-30-24)25(33)11-12-28(27(34)31-35)13-16-32(17-14-28)15-5-8-20-6-3-2-4-7-20/h2-4,6-7,9-10,18-19,25,33,35H,5,8,11-17H2,1H3,(H,31,34)/t25-/m1/s1. The van der Waals surface area contributed by atoms with E-state index in [2.05, 4.69) is 22.0 Å². The number of methoxy groups -OCH3 is 1. The van der Waals surface area contributed by atoms with E-state index < -0.39 is 23.2 Å². The third-order valence-corrected chi connectivity index (χ3v) is 7.48. The van der Waals surface area contributed by atoms with Gasteiger partial charge in [-0.05, 0) is 81.9 Å². The second-order valence-electron chi connectivity index (χ2n) is 9.61. The quantitative estimate of drug-likeness (QED) is 0.285. The highest BCUT2D eigenvalue weighted by Gasteiger charge is 2.41. The SMILES string of the molecule is COc1ccc2ncc(F)c([C@H](O)CCC3(C(=O)NO)CCN(CCCc4ccccc4)CC3)c2c1. The molecule has 2 aromatic carbocycles. The number of amides is 1. The molecule has 0 saturated carbocycles. The number of aliphatic hydroxyl groups excluding tert-OH is 1. The van der Waals surface area contributed by atoms with Gasteiger partial charge in [-0.25, -0.2) is 9.87 Å². The first kappa shape index (κ1) is 26.0. The van der Waals surface area contributed by atoms with Crippen LogP contribution in [0.15, 0.2) is 54.7 Å². The van der Waals surface area contributed by atoms with E-state index in [1.807, 2.05) is 23.7 Å². The van der Waals surface area contributed by atoms with E-state index in [-0.39, 0.29) is 12.0 Å². The van der Waals surface area contributed by atoms with Crippen molar-refractivity contribution in [3.8, 4) is 5.75 Å². The minimum absolute atomic E-state index is 0.150. The number of hydrogen-bond donors (Lipinski definition) is 3. The zero-order chi connectivity index (χ0) is 25.5. The van der Waals surface area contributed by atoms with Crippen molar-refractivity contribution in [2.45, 2.75) is 44.6 Å². The van der Waals surface area contributed by atoms with E-state index in [1.165, 1.54) is 12.7 Å². The van der Waals surface area contributed by atoms with Gasteiger partial charge in [-0.2, -0.15) is 0 Å². The fourth-order valence-corrected chi connectivity index (χ4v) is 5.26. The fraction of sp³-hybridized carbons (Fsp3) is 0.429. The molecule has 3 aromatic rings. The van der Waals surface area contributed by atoms with Crippen LogP contribution in [0.3, 0.4) is 0 Å². The number of hydrogen-bond acceptors (Lipinski definition) is 6. The van der Waals surface area contributed by atoms with Crippen LogP contribution in [0.25, 0.3) is 10.9 Å². The molecule has 2 heterocycles. The summed E-state index contributed by atoms with van der Waals surface area (Å²) in [4.78, 5) is 19.2. The summed E-state index contributed by atoms with van der Waals surface area (Å²) < 4.78 is 20.1. The Hall–Kier alpha value is -3.07. The number of hydroxylamine groups is 1. The Labute approximate surface area is 210 Å². The summed E-state index contributed by atoms with van der Waals surface area (Å²) in [6, 6.07) is 15.5. The fourth-order valence-electron chi connectivity index (χ4n) is 5.26. The molecule has 1 atom stereocenters.